The predicted octanol–water partition coefficient (Wildman–Crippen LogP) is 1.19. The van der Waals surface area contributed by atoms with Crippen molar-refractivity contribution in [2.75, 3.05) is 32.7 Å². The maximum atomic E-state index is 12.2. The molecule has 0 spiro atoms. The van der Waals surface area contributed by atoms with Crippen molar-refractivity contribution in [2.24, 2.45) is 11.8 Å². The maximum absolute atomic E-state index is 12.2. The minimum absolute atomic E-state index is 0.103. The number of rotatable bonds is 4. The van der Waals surface area contributed by atoms with Gasteiger partial charge in [-0.2, -0.15) is 0 Å². The number of hydrogen-bond donors (Lipinski definition) is 1. The van der Waals surface area contributed by atoms with E-state index in [2.05, 4.69) is 18.7 Å². The average Bonchev–Trinajstić information content (AvgIpc) is 2.26. The first-order valence-electron chi connectivity index (χ1n) is 6.94. The van der Waals surface area contributed by atoms with Crippen LogP contribution in [0.2, 0.25) is 0 Å². The van der Waals surface area contributed by atoms with E-state index >= 15 is 0 Å². The predicted molar refractivity (Wildman–Crippen MR) is 73.3 cm³/mol. The molecule has 1 rings (SSSR count). The van der Waals surface area contributed by atoms with Crippen molar-refractivity contribution in [1.82, 2.24) is 9.80 Å². The summed E-state index contributed by atoms with van der Waals surface area (Å²) in [6, 6.07) is 0. The van der Waals surface area contributed by atoms with Crippen LogP contribution in [-0.4, -0.2) is 59.1 Å². The summed E-state index contributed by atoms with van der Waals surface area (Å²) in [5, 5.41) is 9.78. The molecule has 0 saturated carbocycles. The van der Waals surface area contributed by atoms with Gasteiger partial charge in [-0.25, -0.2) is 0 Å². The standard InChI is InChI=1S/C14H28N2O2/c1-11(2)12(3)13(17)16-8-6-15(7-9-16)10-14(4,5)18/h11-12,18H,6-10H2,1-5H3. The Bertz CT molecular complexity index is 276. The fourth-order valence-corrected chi connectivity index (χ4v) is 2.25. The summed E-state index contributed by atoms with van der Waals surface area (Å²) in [5.41, 5.74) is -0.655. The van der Waals surface area contributed by atoms with Crippen LogP contribution in [-0.2, 0) is 4.79 Å². The van der Waals surface area contributed by atoms with E-state index in [-0.39, 0.29) is 11.8 Å². The first kappa shape index (κ1) is 15.4. The highest BCUT2D eigenvalue weighted by molar-refractivity contribution is 5.78. The highest BCUT2D eigenvalue weighted by atomic mass is 16.3. The van der Waals surface area contributed by atoms with Crippen LogP contribution in [0.25, 0.3) is 0 Å². The second-order valence-electron chi connectivity index (χ2n) is 6.45. The lowest BCUT2D eigenvalue weighted by atomic mass is 9.96. The molecule has 4 nitrogen and oxygen atoms in total. The minimum atomic E-state index is -0.655. The third-order valence-electron chi connectivity index (χ3n) is 3.68. The molecule has 1 heterocycles. The monoisotopic (exact) mass is 256 g/mol. The van der Waals surface area contributed by atoms with Crippen LogP contribution >= 0.6 is 0 Å². The zero-order valence-corrected chi connectivity index (χ0v) is 12.4. The van der Waals surface area contributed by atoms with Crippen molar-refractivity contribution in [1.29, 1.82) is 0 Å². The summed E-state index contributed by atoms with van der Waals surface area (Å²) in [6.07, 6.45) is 0. The van der Waals surface area contributed by atoms with Gasteiger partial charge in [0.1, 0.15) is 0 Å². The van der Waals surface area contributed by atoms with E-state index in [0.717, 1.165) is 26.2 Å². The van der Waals surface area contributed by atoms with Crippen LogP contribution in [0.3, 0.4) is 0 Å². The fraction of sp³-hybridized carbons (Fsp3) is 0.929. The Kier molecular flexibility index (Phi) is 5.17. The van der Waals surface area contributed by atoms with Gasteiger partial charge >= 0.3 is 0 Å². The molecule has 0 aromatic heterocycles. The molecular formula is C14H28N2O2. The molecule has 0 aromatic carbocycles. The van der Waals surface area contributed by atoms with Gasteiger partial charge in [-0.1, -0.05) is 20.8 Å². The fourth-order valence-electron chi connectivity index (χ4n) is 2.25. The number of carbonyl (C=O) groups is 1. The summed E-state index contributed by atoms with van der Waals surface area (Å²) < 4.78 is 0. The zero-order valence-electron chi connectivity index (χ0n) is 12.4. The number of piperazine rings is 1. The third kappa shape index (κ3) is 4.58. The lowest BCUT2D eigenvalue weighted by molar-refractivity contribution is -0.138. The molecular weight excluding hydrogens is 228 g/mol. The summed E-state index contributed by atoms with van der Waals surface area (Å²) in [5.74, 6) is 0.769. The lowest BCUT2D eigenvalue weighted by Crippen LogP contribution is -2.53. The Morgan fingerprint density at radius 2 is 1.67 bits per heavy atom. The third-order valence-corrected chi connectivity index (χ3v) is 3.68. The summed E-state index contributed by atoms with van der Waals surface area (Å²) >= 11 is 0. The van der Waals surface area contributed by atoms with E-state index in [4.69, 9.17) is 0 Å². The number of β-amino-alcohol motifs (C(OH)–C–C–N with tert-alkyl or cyclic N) is 1. The maximum Gasteiger partial charge on any atom is 0.225 e. The van der Waals surface area contributed by atoms with Gasteiger partial charge in [0.25, 0.3) is 0 Å². The van der Waals surface area contributed by atoms with E-state index in [1.165, 1.54) is 0 Å². The van der Waals surface area contributed by atoms with E-state index in [1.54, 1.807) is 0 Å². The molecule has 0 radical (unpaired) electrons. The van der Waals surface area contributed by atoms with E-state index in [9.17, 15) is 9.90 Å². The summed E-state index contributed by atoms with van der Waals surface area (Å²) in [6.45, 7) is 13.8. The van der Waals surface area contributed by atoms with Crippen molar-refractivity contribution in [3.05, 3.63) is 0 Å². The van der Waals surface area contributed by atoms with Gasteiger partial charge in [-0.3, -0.25) is 9.69 Å². The molecule has 1 aliphatic heterocycles. The molecule has 1 fully saturated rings. The average molecular weight is 256 g/mol. The molecule has 1 amide bonds. The van der Waals surface area contributed by atoms with Crippen molar-refractivity contribution in [3.8, 4) is 0 Å². The first-order valence-corrected chi connectivity index (χ1v) is 6.94. The summed E-state index contributed by atoms with van der Waals surface area (Å²) in [4.78, 5) is 16.4. The molecule has 0 aliphatic carbocycles. The highest BCUT2D eigenvalue weighted by Crippen LogP contribution is 2.15. The first-order chi connectivity index (χ1) is 8.20. The van der Waals surface area contributed by atoms with Crippen molar-refractivity contribution in [2.45, 2.75) is 40.2 Å². The van der Waals surface area contributed by atoms with Crippen LogP contribution in [0, 0.1) is 11.8 Å². The lowest BCUT2D eigenvalue weighted by Gasteiger charge is -2.38. The minimum Gasteiger partial charge on any atom is -0.389 e. The highest BCUT2D eigenvalue weighted by Gasteiger charge is 2.28. The smallest absolute Gasteiger partial charge is 0.225 e. The number of amides is 1. The van der Waals surface area contributed by atoms with Gasteiger partial charge in [0.05, 0.1) is 5.60 Å². The molecule has 4 heteroatoms. The van der Waals surface area contributed by atoms with Crippen LogP contribution < -0.4 is 0 Å². The number of aliphatic hydroxyl groups is 1. The zero-order chi connectivity index (χ0) is 13.9. The molecule has 1 saturated heterocycles. The van der Waals surface area contributed by atoms with Crippen molar-refractivity contribution >= 4 is 5.91 Å². The van der Waals surface area contributed by atoms with Gasteiger partial charge in [-0.05, 0) is 19.8 Å². The van der Waals surface area contributed by atoms with Crippen LogP contribution in [0.5, 0.6) is 0 Å². The molecule has 1 N–H and O–H groups in total. The van der Waals surface area contributed by atoms with E-state index < -0.39 is 5.60 Å². The Balaban J connectivity index is 2.42. The Labute approximate surface area is 111 Å². The summed E-state index contributed by atoms with van der Waals surface area (Å²) in [7, 11) is 0. The quantitative estimate of drug-likeness (QED) is 0.822. The van der Waals surface area contributed by atoms with Gasteiger partial charge in [0.15, 0.2) is 0 Å². The largest absolute Gasteiger partial charge is 0.389 e. The Hall–Kier alpha value is -0.610. The van der Waals surface area contributed by atoms with E-state index in [1.807, 2.05) is 25.7 Å². The number of nitrogens with zero attached hydrogens (tertiary/aromatic N) is 2. The number of hydrogen-bond acceptors (Lipinski definition) is 3. The Morgan fingerprint density at radius 1 is 1.17 bits per heavy atom. The molecule has 18 heavy (non-hydrogen) atoms. The molecule has 0 bridgehead atoms. The SMILES string of the molecule is CC(C)C(C)C(=O)N1CCN(CC(C)(C)O)CC1. The number of carbonyl (C=O) groups excluding carboxylic acids is 1. The van der Waals surface area contributed by atoms with Crippen molar-refractivity contribution in [3.63, 3.8) is 0 Å². The van der Waals surface area contributed by atoms with Crippen LogP contribution in [0.15, 0.2) is 0 Å². The van der Waals surface area contributed by atoms with Crippen molar-refractivity contribution < 1.29 is 9.90 Å². The topological polar surface area (TPSA) is 43.8 Å². The molecule has 106 valence electrons. The van der Waals surface area contributed by atoms with Gasteiger partial charge in [0.2, 0.25) is 5.91 Å². The second-order valence-corrected chi connectivity index (χ2v) is 6.45. The van der Waals surface area contributed by atoms with Crippen LogP contribution in [0.1, 0.15) is 34.6 Å². The molecule has 1 unspecified atom stereocenters. The molecule has 0 aromatic rings. The molecule has 1 aliphatic rings. The van der Waals surface area contributed by atoms with E-state index in [0.29, 0.717) is 12.5 Å². The van der Waals surface area contributed by atoms with Gasteiger partial charge in [-0.15, -0.1) is 0 Å². The molecule has 1 atom stereocenters. The normalized spacial score (nSPS) is 20.3. The Morgan fingerprint density at radius 3 is 2.06 bits per heavy atom. The van der Waals surface area contributed by atoms with Gasteiger partial charge < -0.3 is 10.0 Å². The van der Waals surface area contributed by atoms with Crippen LogP contribution in [0.4, 0.5) is 0 Å². The second kappa shape index (κ2) is 6.02. The van der Waals surface area contributed by atoms with Gasteiger partial charge in [0, 0.05) is 38.6 Å².